The molecule has 1 unspecified atom stereocenters. The van der Waals surface area contributed by atoms with E-state index in [1.807, 2.05) is 38.1 Å². The van der Waals surface area contributed by atoms with Crippen molar-refractivity contribution in [3.05, 3.63) is 35.6 Å². The third-order valence-corrected chi connectivity index (χ3v) is 4.65. The van der Waals surface area contributed by atoms with E-state index in [0.29, 0.717) is 6.54 Å². The predicted octanol–water partition coefficient (Wildman–Crippen LogP) is 2.18. The fraction of sp³-hybridized carbons (Fsp3) is 0.579. The number of halogens is 2. The van der Waals surface area contributed by atoms with Gasteiger partial charge in [0.15, 0.2) is 5.96 Å². The molecule has 1 N–H and O–H groups in total. The second-order valence-electron chi connectivity index (χ2n) is 6.72. The minimum Gasteiger partial charge on any atom is -0.357 e. The number of benzene rings is 1. The Morgan fingerprint density at radius 2 is 1.74 bits per heavy atom. The van der Waals surface area contributed by atoms with Crippen LogP contribution in [-0.2, 0) is 4.79 Å². The minimum absolute atomic E-state index is 0. The lowest BCUT2D eigenvalue weighted by molar-refractivity contribution is -0.130. The van der Waals surface area contributed by atoms with Crippen LogP contribution in [0.3, 0.4) is 0 Å². The van der Waals surface area contributed by atoms with Crippen LogP contribution in [0, 0.1) is 5.82 Å². The van der Waals surface area contributed by atoms with Crippen LogP contribution in [0.4, 0.5) is 4.39 Å². The third kappa shape index (κ3) is 6.91. The van der Waals surface area contributed by atoms with Gasteiger partial charge in [-0.2, -0.15) is 0 Å². The molecule has 0 aliphatic carbocycles. The molecule has 1 amide bonds. The molecule has 1 aromatic rings. The molecule has 1 aliphatic rings. The Bertz CT molecular complexity index is 615. The molecular weight excluding hydrogens is 460 g/mol. The highest BCUT2D eigenvalue weighted by Gasteiger charge is 2.21. The standard InChI is InChI=1S/C19H30FN5O.HI/c1-5-21-19(25-12-10-24(11-13-25)15(2)26)22-14-18(23(3)4)16-6-8-17(20)9-7-16;/h6-9,18H,5,10-14H2,1-4H3,(H,21,22);1H. The monoisotopic (exact) mass is 491 g/mol. The van der Waals surface area contributed by atoms with E-state index in [1.54, 1.807) is 6.92 Å². The van der Waals surface area contributed by atoms with Gasteiger partial charge >= 0.3 is 0 Å². The Labute approximate surface area is 178 Å². The topological polar surface area (TPSA) is 51.2 Å². The molecule has 1 atom stereocenters. The fourth-order valence-electron chi connectivity index (χ4n) is 3.08. The number of hydrogen-bond acceptors (Lipinski definition) is 3. The Morgan fingerprint density at radius 3 is 2.22 bits per heavy atom. The van der Waals surface area contributed by atoms with Crippen molar-refractivity contribution < 1.29 is 9.18 Å². The number of nitrogens with zero attached hydrogens (tertiary/aromatic N) is 4. The summed E-state index contributed by atoms with van der Waals surface area (Å²) in [6.07, 6.45) is 0. The van der Waals surface area contributed by atoms with Crippen molar-refractivity contribution in [1.29, 1.82) is 0 Å². The van der Waals surface area contributed by atoms with Gasteiger partial charge in [-0.3, -0.25) is 9.79 Å². The maximum atomic E-state index is 13.2. The molecule has 0 radical (unpaired) electrons. The summed E-state index contributed by atoms with van der Waals surface area (Å²) in [4.78, 5) is 22.5. The summed E-state index contributed by atoms with van der Waals surface area (Å²) in [5.41, 5.74) is 1.04. The fourth-order valence-corrected chi connectivity index (χ4v) is 3.08. The number of carbonyl (C=O) groups excluding carboxylic acids is 1. The molecule has 6 nitrogen and oxygen atoms in total. The molecule has 1 heterocycles. The van der Waals surface area contributed by atoms with E-state index in [0.717, 1.165) is 44.2 Å². The number of rotatable bonds is 5. The molecule has 1 saturated heterocycles. The molecule has 2 rings (SSSR count). The lowest BCUT2D eigenvalue weighted by Gasteiger charge is -2.36. The minimum atomic E-state index is -0.230. The van der Waals surface area contributed by atoms with Crippen LogP contribution in [0.25, 0.3) is 0 Å². The van der Waals surface area contributed by atoms with E-state index in [-0.39, 0.29) is 41.7 Å². The summed E-state index contributed by atoms with van der Waals surface area (Å²) in [5.74, 6) is 0.756. The Balaban J connectivity index is 0.00000364. The smallest absolute Gasteiger partial charge is 0.219 e. The first-order chi connectivity index (χ1) is 12.4. The molecule has 1 aliphatic heterocycles. The van der Waals surface area contributed by atoms with Crippen molar-refractivity contribution in [3.8, 4) is 0 Å². The largest absolute Gasteiger partial charge is 0.357 e. The molecule has 27 heavy (non-hydrogen) atoms. The molecule has 1 fully saturated rings. The zero-order valence-corrected chi connectivity index (χ0v) is 18.9. The summed E-state index contributed by atoms with van der Waals surface area (Å²) in [5, 5.41) is 3.35. The van der Waals surface area contributed by atoms with Crippen molar-refractivity contribution in [2.24, 2.45) is 4.99 Å². The lowest BCUT2D eigenvalue weighted by atomic mass is 10.1. The number of carbonyl (C=O) groups is 1. The van der Waals surface area contributed by atoms with Crippen LogP contribution in [0.2, 0.25) is 0 Å². The predicted molar refractivity (Wildman–Crippen MR) is 118 cm³/mol. The van der Waals surface area contributed by atoms with Gasteiger partial charge in [-0.1, -0.05) is 12.1 Å². The molecule has 8 heteroatoms. The average molecular weight is 491 g/mol. The first-order valence-electron chi connectivity index (χ1n) is 9.13. The van der Waals surface area contributed by atoms with E-state index in [2.05, 4.69) is 15.1 Å². The van der Waals surface area contributed by atoms with Gasteiger partial charge in [0.25, 0.3) is 0 Å². The lowest BCUT2D eigenvalue weighted by Crippen LogP contribution is -2.53. The molecule has 1 aromatic carbocycles. The number of amides is 1. The van der Waals surface area contributed by atoms with Gasteiger partial charge in [-0.25, -0.2) is 4.39 Å². The number of piperazine rings is 1. The number of likely N-dealkylation sites (N-methyl/N-ethyl adjacent to an activating group) is 1. The Hall–Kier alpha value is -1.42. The normalized spacial score (nSPS) is 16.1. The van der Waals surface area contributed by atoms with Gasteiger partial charge in [-0.15, -0.1) is 24.0 Å². The van der Waals surface area contributed by atoms with E-state index >= 15 is 0 Å². The Morgan fingerprint density at radius 1 is 1.19 bits per heavy atom. The van der Waals surface area contributed by atoms with Gasteiger partial charge in [0, 0.05) is 39.6 Å². The van der Waals surface area contributed by atoms with Crippen molar-refractivity contribution in [2.45, 2.75) is 19.9 Å². The summed E-state index contributed by atoms with van der Waals surface area (Å²) in [6, 6.07) is 6.67. The average Bonchev–Trinajstić information content (AvgIpc) is 2.62. The second kappa shape index (κ2) is 11.4. The van der Waals surface area contributed by atoms with Crippen LogP contribution in [0.5, 0.6) is 0 Å². The van der Waals surface area contributed by atoms with Crippen molar-refractivity contribution in [1.82, 2.24) is 20.0 Å². The van der Waals surface area contributed by atoms with Gasteiger partial charge < -0.3 is 20.0 Å². The SMILES string of the molecule is CCNC(=NCC(c1ccc(F)cc1)N(C)C)N1CCN(C(C)=O)CC1.I. The van der Waals surface area contributed by atoms with Gasteiger partial charge in [0.1, 0.15) is 5.82 Å². The highest BCUT2D eigenvalue weighted by atomic mass is 127. The maximum absolute atomic E-state index is 13.2. The maximum Gasteiger partial charge on any atom is 0.219 e. The first kappa shape index (κ1) is 23.6. The number of guanidine groups is 1. The molecule has 0 bridgehead atoms. The van der Waals surface area contributed by atoms with Crippen LogP contribution in [0.1, 0.15) is 25.5 Å². The zero-order chi connectivity index (χ0) is 19.1. The highest BCUT2D eigenvalue weighted by molar-refractivity contribution is 14.0. The molecule has 0 spiro atoms. The molecular formula is C19H31FIN5O. The Kier molecular flexibility index (Phi) is 10.00. The molecule has 0 aromatic heterocycles. The molecule has 152 valence electrons. The van der Waals surface area contributed by atoms with Crippen LogP contribution in [0.15, 0.2) is 29.3 Å². The van der Waals surface area contributed by atoms with Crippen molar-refractivity contribution in [3.63, 3.8) is 0 Å². The summed E-state index contributed by atoms with van der Waals surface area (Å²) in [6.45, 7) is 8.00. The summed E-state index contributed by atoms with van der Waals surface area (Å²) in [7, 11) is 4.00. The number of nitrogens with one attached hydrogen (secondary N) is 1. The summed E-state index contributed by atoms with van der Waals surface area (Å²) >= 11 is 0. The van der Waals surface area contributed by atoms with Gasteiger partial charge in [0.05, 0.1) is 12.6 Å². The summed E-state index contributed by atoms with van der Waals surface area (Å²) < 4.78 is 13.2. The van der Waals surface area contributed by atoms with Crippen LogP contribution < -0.4 is 5.32 Å². The van der Waals surface area contributed by atoms with E-state index in [9.17, 15) is 9.18 Å². The number of hydrogen-bond donors (Lipinski definition) is 1. The van der Waals surface area contributed by atoms with E-state index in [1.165, 1.54) is 12.1 Å². The van der Waals surface area contributed by atoms with Crippen molar-refractivity contribution >= 4 is 35.8 Å². The van der Waals surface area contributed by atoms with Gasteiger partial charge in [-0.05, 0) is 38.7 Å². The number of aliphatic imine (C=N–C) groups is 1. The van der Waals surface area contributed by atoms with Gasteiger partial charge in [0.2, 0.25) is 5.91 Å². The molecule has 0 saturated carbocycles. The van der Waals surface area contributed by atoms with Crippen molar-refractivity contribution in [2.75, 3.05) is 53.4 Å². The van der Waals surface area contributed by atoms with Crippen LogP contribution in [-0.4, -0.2) is 79.9 Å². The first-order valence-corrected chi connectivity index (χ1v) is 9.13. The third-order valence-electron chi connectivity index (χ3n) is 4.65. The quantitative estimate of drug-likeness (QED) is 0.390. The van der Waals surface area contributed by atoms with E-state index < -0.39 is 0 Å². The van der Waals surface area contributed by atoms with E-state index in [4.69, 9.17) is 4.99 Å². The van der Waals surface area contributed by atoms with Crippen LogP contribution >= 0.6 is 24.0 Å². The zero-order valence-electron chi connectivity index (χ0n) is 16.6. The second-order valence-corrected chi connectivity index (χ2v) is 6.72. The highest BCUT2D eigenvalue weighted by Crippen LogP contribution is 2.19.